The smallest absolute Gasteiger partial charge is 0.231 e. The standard InChI is InChI=1S/C21H24O6/c1-5-6-14-9-18(23-3)21(19(10-14)24-4)27-13(2)20(22)15-7-8-16-17(11-15)26-12-25-16/h5,7-11,13,20,22H,1,6,12H2,2-4H3/t13-,20-/m1/s1. The third-order valence-corrected chi connectivity index (χ3v) is 4.39. The summed E-state index contributed by atoms with van der Waals surface area (Å²) in [4.78, 5) is 0. The monoisotopic (exact) mass is 372 g/mol. The first kappa shape index (κ1) is 18.9. The van der Waals surface area contributed by atoms with Crippen molar-refractivity contribution < 1.29 is 28.8 Å². The lowest BCUT2D eigenvalue weighted by molar-refractivity contribution is 0.0433. The minimum atomic E-state index is -0.873. The Morgan fingerprint density at radius 1 is 1.11 bits per heavy atom. The first-order chi connectivity index (χ1) is 13.1. The van der Waals surface area contributed by atoms with Gasteiger partial charge in [-0.1, -0.05) is 12.1 Å². The lowest BCUT2D eigenvalue weighted by atomic mass is 10.0. The quantitative estimate of drug-likeness (QED) is 0.714. The van der Waals surface area contributed by atoms with Gasteiger partial charge >= 0.3 is 0 Å². The van der Waals surface area contributed by atoms with Crippen molar-refractivity contribution in [3.63, 3.8) is 0 Å². The van der Waals surface area contributed by atoms with E-state index in [2.05, 4.69) is 6.58 Å². The van der Waals surface area contributed by atoms with Crippen LogP contribution in [0.25, 0.3) is 0 Å². The minimum Gasteiger partial charge on any atom is -0.493 e. The highest BCUT2D eigenvalue weighted by Crippen LogP contribution is 2.41. The molecule has 0 radical (unpaired) electrons. The average Bonchev–Trinajstić information content (AvgIpc) is 3.16. The maximum atomic E-state index is 10.7. The molecule has 2 aromatic rings. The van der Waals surface area contributed by atoms with Gasteiger partial charge in [-0.3, -0.25) is 0 Å². The Bertz CT molecular complexity index is 791. The zero-order valence-electron chi connectivity index (χ0n) is 15.7. The second-order valence-electron chi connectivity index (χ2n) is 6.20. The van der Waals surface area contributed by atoms with E-state index in [4.69, 9.17) is 23.7 Å². The van der Waals surface area contributed by atoms with Crippen molar-refractivity contribution in [1.29, 1.82) is 0 Å². The predicted octanol–water partition coefficient (Wildman–Crippen LogP) is 3.66. The van der Waals surface area contributed by atoms with Crippen molar-refractivity contribution in [1.82, 2.24) is 0 Å². The number of aliphatic hydroxyl groups is 1. The van der Waals surface area contributed by atoms with E-state index in [1.807, 2.05) is 12.1 Å². The second kappa shape index (κ2) is 8.22. The van der Waals surface area contributed by atoms with Gasteiger partial charge in [0, 0.05) is 0 Å². The Kier molecular flexibility index (Phi) is 5.76. The van der Waals surface area contributed by atoms with E-state index in [0.29, 0.717) is 40.7 Å². The van der Waals surface area contributed by atoms with E-state index in [9.17, 15) is 5.11 Å². The van der Waals surface area contributed by atoms with Crippen LogP contribution in [0.2, 0.25) is 0 Å². The van der Waals surface area contributed by atoms with Crippen molar-refractivity contribution in [3.05, 3.63) is 54.1 Å². The van der Waals surface area contributed by atoms with Crippen LogP contribution in [0, 0.1) is 0 Å². The molecule has 0 aliphatic carbocycles. The van der Waals surface area contributed by atoms with Crippen molar-refractivity contribution >= 4 is 0 Å². The summed E-state index contributed by atoms with van der Waals surface area (Å²) in [6, 6.07) is 9.07. The van der Waals surface area contributed by atoms with Crippen LogP contribution in [0.5, 0.6) is 28.7 Å². The van der Waals surface area contributed by atoms with E-state index in [1.54, 1.807) is 45.4 Å². The number of hydrogen-bond donors (Lipinski definition) is 1. The fourth-order valence-electron chi connectivity index (χ4n) is 2.95. The number of allylic oxidation sites excluding steroid dienone is 1. The fraction of sp³-hybridized carbons (Fsp3) is 0.333. The van der Waals surface area contributed by atoms with Crippen LogP contribution in [-0.4, -0.2) is 32.2 Å². The molecular formula is C21H24O6. The van der Waals surface area contributed by atoms with Crippen molar-refractivity contribution in [3.8, 4) is 28.7 Å². The van der Waals surface area contributed by atoms with Gasteiger partial charge in [0.15, 0.2) is 23.0 Å². The molecule has 0 bridgehead atoms. The van der Waals surface area contributed by atoms with Crippen LogP contribution >= 0.6 is 0 Å². The molecule has 1 N–H and O–H groups in total. The van der Waals surface area contributed by atoms with E-state index < -0.39 is 12.2 Å². The molecule has 2 atom stereocenters. The summed E-state index contributed by atoms with van der Waals surface area (Å²) in [5, 5.41) is 10.7. The second-order valence-corrected chi connectivity index (χ2v) is 6.20. The largest absolute Gasteiger partial charge is 0.493 e. The molecule has 0 saturated carbocycles. The van der Waals surface area contributed by atoms with Crippen molar-refractivity contribution in [2.75, 3.05) is 21.0 Å². The predicted molar refractivity (Wildman–Crippen MR) is 101 cm³/mol. The highest BCUT2D eigenvalue weighted by molar-refractivity contribution is 5.54. The van der Waals surface area contributed by atoms with Crippen LogP contribution in [0.3, 0.4) is 0 Å². The summed E-state index contributed by atoms with van der Waals surface area (Å²) in [6.45, 7) is 5.72. The van der Waals surface area contributed by atoms with Gasteiger partial charge in [-0.15, -0.1) is 6.58 Å². The molecule has 0 amide bonds. The molecule has 1 aliphatic rings. The number of fused-ring (bicyclic) bond motifs is 1. The number of methoxy groups -OCH3 is 2. The number of rotatable bonds is 8. The van der Waals surface area contributed by atoms with E-state index in [1.165, 1.54) is 0 Å². The summed E-state index contributed by atoms with van der Waals surface area (Å²) < 4.78 is 27.6. The first-order valence-electron chi connectivity index (χ1n) is 8.67. The highest BCUT2D eigenvalue weighted by atomic mass is 16.7. The van der Waals surface area contributed by atoms with Gasteiger partial charge in [0.2, 0.25) is 12.5 Å². The molecular weight excluding hydrogens is 348 g/mol. The van der Waals surface area contributed by atoms with Crippen LogP contribution in [-0.2, 0) is 6.42 Å². The van der Waals surface area contributed by atoms with Gasteiger partial charge in [-0.05, 0) is 48.7 Å². The summed E-state index contributed by atoms with van der Waals surface area (Å²) in [5.41, 5.74) is 1.67. The van der Waals surface area contributed by atoms with Crippen LogP contribution in [0.1, 0.15) is 24.2 Å². The van der Waals surface area contributed by atoms with Crippen molar-refractivity contribution in [2.45, 2.75) is 25.6 Å². The SMILES string of the molecule is C=CCc1cc(OC)c(O[C@H](C)[C@@H](O)c2ccc3c(c2)OCO3)c(OC)c1. The Morgan fingerprint density at radius 3 is 2.41 bits per heavy atom. The number of benzene rings is 2. The number of aliphatic hydroxyl groups excluding tert-OH is 1. The third kappa shape index (κ3) is 3.95. The third-order valence-electron chi connectivity index (χ3n) is 4.39. The fourth-order valence-corrected chi connectivity index (χ4v) is 2.95. The zero-order chi connectivity index (χ0) is 19.4. The lowest BCUT2D eigenvalue weighted by Gasteiger charge is -2.24. The molecule has 27 heavy (non-hydrogen) atoms. The van der Waals surface area contributed by atoms with Gasteiger partial charge in [0.1, 0.15) is 12.2 Å². The molecule has 1 aliphatic heterocycles. The molecule has 0 unspecified atom stereocenters. The molecule has 0 spiro atoms. The van der Waals surface area contributed by atoms with Gasteiger partial charge in [-0.2, -0.15) is 0 Å². The van der Waals surface area contributed by atoms with E-state index in [0.717, 1.165) is 5.56 Å². The van der Waals surface area contributed by atoms with Crippen LogP contribution in [0.4, 0.5) is 0 Å². The maximum Gasteiger partial charge on any atom is 0.231 e. The Morgan fingerprint density at radius 2 is 1.78 bits per heavy atom. The van der Waals surface area contributed by atoms with Gasteiger partial charge in [-0.25, -0.2) is 0 Å². The Balaban J connectivity index is 1.84. The highest BCUT2D eigenvalue weighted by Gasteiger charge is 2.24. The molecule has 144 valence electrons. The summed E-state index contributed by atoms with van der Waals surface area (Å²) >= 11 is 0. The zero-order valence-corrected chi connectivity index (χ0v) is 15.7. The lowest BCUT2D eigenvalue weighted by Crippen LogP contribution is -2.22. The summed E-state index contributed by atoms with van der Waals surface area (Å²) in [6.07, 6.45) is 1.06. The van der Waals surface area contributed by atoms with Gasteiger partial charge < -0.3 is 28.8 Å². The molecule has 6 heteroatoms. The summed E-state index contributed by atoms with van der Waals surface area (Å²) in [5.74, 6) is 2.80. The number of hydrogen-bond acceptors (Lipinski definition) is 6. The van der Waals surface area contributed by atoms with Gasteiger partial charge in [0.05, 0.1) is 14.2 Å². The van der Waals surface area contributed by atoms with Gasteiger partial charge in [0.25, 0.3) is 0 Å². The van der Waals surface area contributed by atoms with E-state index in [-0.39, 0.29) is 6.79 Å². The maximum absolute atomic E-state index is 10.7. The molecule has 6 nitrogen and oxygen atoms in total. The van der Waals surface area contributed by atoms with E-state index >= 15 is 0 Å². The topological polar surface area (TPSA) is 66.4 Å². The number of ether oxygens (including phenoxy) is 5. The molecule has 0 aromatic heterocycles. The molecule has 0 saturated heterocycles. The van der Waals surface area contributed by atoms with Crippen LogP contribution < -0.4 is 23.7 Å². The molecule has 3 rings (SSSR count). The Hall–Kier alpha value is -2.86. The summed E-state index contributed by atoms with van der Waals surface area (Å²) in [7, 11) is 3.14. The molecule has 2 aromatic carbocycles. The van der Waals surface area contributed by atoms with Crippen LogP contribution in [0.15, 0.2) is 43.0 Å². The minimum absolute atomic E-state index is 0.187. The average molecular weight is 372 g/mol. The normalized spacial score (nSPS) is 14.4. The molecule has 1 heterocycles. The first-order valence-corrected chi connectivity index (χ1v) is 8.67. The van der Waals surface area contributed by atoms with Crippen molar-refractivity contribution in [2.24, 2.45) is 0 Å². The Labute approximate surface area is 158 Å². The molecule has 0 fully saturated rings.